The Morgan fingerprint density at radius 2 is 1.89 bits per heavy atom. The van der Waals surface area contributed by atoms with Crippen LogP contribution in [0.2, 0.25) is 5.02 Å². The summed E-state index contributed by atoms with van der Waals surface area (Å²) in [6.07, 6.45) is 0. The Hall–Kier alpha value is -1.70. The van der Waals surface area contributed by atoms with Crippen LogP contribution in [-0.2, 0) is 16.6 Å². The van der Waals surface area contributed by atoms with Crippen molar-refractivity contribution in [2.75, 3.05) is 0 Å². The molecule has 5 heteroatoms. The van der Waals surface area contributed by atoms with Crippen molar-refractivity contribution in [3.63, 3.8) is 0 Å². The summed E-state index contributed by atoms with van der Waals surface area (Å²) < 4.78 is 25.3. The van der Waals surface area contributed by atoms with Crippen molar-refractivity contribution in [2.24, 2.45) is 0 Å². The zero-order valence-corrected chi connectivity index (χ0v) is 11.3. The molecule has 2 rings (SSSR count). The van der Waals surface area contributed by atoms with Crippen LogP contribution in [0.1, 0.15) is 11.1 Å². The quantitative estimate of drug-likeness (QED) is 0.866. The van der Waals surface area contributed by atoms with E-state index in [9.17, 15) is 8.60 Å². The van der Waals surface area contributed by atoms with Crippen LogP contribution in [0.3, 0.4) is 0 Å². The molecule has 2 aromatic rings. The number of nitrogens with zero attached hydrogens (tertiary/aromatic N) is 1. The zero-order chi connectivity index (χ0) is 13.8. The molecular formula is C14H9ClFNOS. The molecule has 0 N–H and O–H groups in total. The molecular weight excluding hydrogens is 285 g/mol. The Kier molecular flexibility index (Phi) is 4.31. The second-order valence-electron chi connectivity index (χ2n) is 3.87. The topological polar surface area (TPSA) is 40.9 Å². The first-order valence-electron chi connectivity index (χ1n) is 5.42. The molecule has 1 unspecified atom stereocenters. The molecule has 0 fully saturated rings. The molecule has 2 aromatic carbocycles. The van der Waals surface area contributed by atoms with Crippen molar-refractivity contribution in [3.05, 3.63) is 64.4 Å². The summed E-state index contributed by atoms with van der Waals surface area (Å²) in [5, 5.41) is 9.32. The first kappa shape index (κ1) is 13.7. The molecule has 0 amide bonds. The standard InChI is InChI=1S/C14H9ClFNOS/c15-12-2-4-13(5-3-12)19(18)9-10-1-6-14(16)11(7-10)8-17/h1-7H,9H2. The summed E-state index contributed by atoms with van der Waals surface area (Å²) in [7, 11) is -1.25. The third-order valence-electron chi connectivity index (χ3n) is 2.53. The van der Waals surface area contributed by atoms with Gasteiger partial charge in [-0.3, -0.25) is 4.21 Å². The first-order chi connectivity index (χ1) is 9.10. The van der Waals surface area contributed by atoms with E-state index in [1.165, 1.54) is 18.2 Å². The van der Waals surface area contributed by atoms with Crippen LogP contribution in [0.5, 0.6) is 0 Å². The van der Waals surface area contributed by atoms with Crippen LogP contribution in [0.25, 0.3) is 0 Å². The zero-order valence-electron chi connectivity index (χ0n) is 9.77. The molecule has 0 heterocycles. The molecule has 0 aliphatic heterocycles. The number of nitriles is 1. The fraction of sp³-hybridized carbons (Fsp3) is 0.0714. The highest BCUT2D eigenvalue weighted by Gasteiger charge is 2.08. The first-order valence-corrected chi connectivity index (χ1v) is 7.12. The van der Waals surface area contributed by atoms with E-state index in [-0.39, 0.29) is 11.3 Å². The van der Waals surface area contributed by atoms with E-state index in [1.807, 2.05) is 0 Å². The Morgan fingerprint density at radius 1 is 1.21 bits per heavy atom. The van der Waals surface area contributed by atoms with Gasteiger partial charge in [-0.1, -0.05) is 17.7 Å². The average Bonchev–Trinajstić information content (AvgIpc) is 2.41. The van der Waals surface area contributed by atoms with Crippen LogP contribution < -0.4 is 0 Å². The van der Waals surface area contributed by atoms with E-state index in [0.717, 1.165) is 0 Å². The predicted octanol–water partition coefficient (Wildman–Crippen LogP) is 3.66. The third-order valence-corrected chi connectivity index (χ3v) is 4.17. The molecule has 2 nitrogen and oxygen atoms in total. The maximum absolute atomic E-state index is 13.2. The SMILES string of the molecule is N#Cc1cc(CS(=O)c2ccc(Cl)cc2)ccc1F. The van der Waals surface area contributed by atoms with Gasteiger partial charge in [-0.15, -0.1) is 0 Å². The molecule has 0 spiro atoms. The van der Waals surface area contributed by atoms with Gasteiger partial charge in [0.25, 0.3) is 0 Å². The maximum Gasteiger partial charge on any atom is 0.140 e. The summed E-state index contributed by atoms with van der Waals surface area (Å²) >= 11 is 5.76. The molecule has 0 radical (unpaired) electrons. The number of rotatable bonds is 3. The maximum atomic E-state index is 13.2. The highest BCUT2D eigenvalue weighted by molar-refractivity contribution is 7.84. The highest BCUT2D eigenvalue weighted by Crippen LogP contribution is 2.17. The Labute approximate surface area is 117 Å². The molecule has 0 saturated carbocycles. The molecule has 0 aliphatic carbocycles. The molecule has 0 saturated heterocycles. The lowest BCUT2D eigenvalue weighted by Crippen LogP contribution is -1.97. The molecule has 0 aliphatic rings. The van der Waals surface area contributed by atoms with Gasteiger partial charge in [-0.05, 0) is 42.0 Å². The minimum absolute atomic E-state index is 0.0365. The molecule has 96 valence electrons. The van der Waals surface area contributed by atoms with Gasteiger partial charge in [0.1, 0.15) is 11.9 Å². The summed E-state index contributed by atoms with van der Waals surface area (Å²) in [6, 6.07) is 12.6. The summed E-state index contributed by atoms with van der Waals surface area (Å²) in [5.74, 6) is -0.333. The lowest BCUT2D eigenvalue weighted by atomic mass is 10.1. The van der Waals surface area contributed by atoms with E-state index < -0.39 is 16.6 Å². The van der Waals surface area contributed by atoms with Crippen LogP contribution in [-0.4, -0.2) is 4.21 Å². The minimum Gasteiger partial charge on any atom is -0.254 e. The van der Waals surface area contributed by atoms with Crippen LogP contribution in [0.15, 0.2) is 47.4 Å². The van der Waals surface area contributed by atoms with Crippen molar-refractivity contribution in [3.8, 4) is 6.07 Å². The van der Waals surface area contributed by atoms with Gasteiger partial charge in [0, 0.05) is 9.92 Å². The average molecular weight is 294 g/mol. The number of hydrogen-bond donors (Lipinski definition) is 0. The molecule has 0 aromatic heterocycles. The van der Waals surface area contributed by atoms with Crippen molar-refractivity contribution < 1.29 is 8.60 Å². The highest BCUT2D eigenvalue weighted by atomic mass is 35.5. The van der Waals surface area contributed by atoms with Gasteiger partial charge < -0.3 is 0 Å². The third kappa shape index (κ3) is 3.40. The minimum atomic E-state index is -1.25. The second kappa shape index (κ2) is 5.96. The van der Waals surface area contributed by atoms with E-state index in [1.54, 1.807) is 30.3 Å². The summed E-state index contributed by atoms with van der Waals surface area (Å²) in [5.41, 5.74) is 0.622. The van der Waals surface area contributed by atoms with Crippen molar-refractivity contribution >= 4 is 22.4 Å². The van der Waals surface area contributed by atoms with E-state index >= 15 is 0 Å². The van der Waals surface area contributed by atoms with E-state index in [4.69, 9.17) is 16.9 Å². The molecule has 19 heavy (non-hydrogen) atoms. The van der Waals surface area contributed by atoms with Crippen molar-refractivity contribution in [2.45, 2.75) is 10.6 Å². The predicted molar refractivity (Wildman–Crippen MR) is 72.7 cm³/mol. The van der Waals surface area contributed by atoms with Gasteiger partial charge in [-0.25, -0.2) is 4.39 Å². The Bertz CT molecular complexity index is 664. The van der Waals surface area contributed by atoms with Gasteiger partial charge in [0.2, 0.25) is 0 Å². The Balaban J connectivity index is 2.20. The van der Waals surface area contributed by atoms with E-state index in [0.29, 0.717) is 15.5 Å². The van der Waals surface area contributed by atoms with Gasteiger partial charge in [-0.2, -0.15) is 5.26 Å². The summed E-state index contributed by atoms with van der Waals surface area (Å²) in [6.45, 7) is 0. The van der Waals surface area contributed by atoms with Crippen molar-refractivity contribution in [1.82, 2.24) is 0 Å². The number of halogens is 2. The van der Waals surface area contributed by atoms with E-state index in [2.05, 4.69) is 0 Å². The lowest BCUT2D eigenvalue weighted by molar-refractivity contribution is 0.623. The fourth-order valence-corrected chi connectivity index (χ4v) is 2.78. The normalized spacial score (nSPS) is 11.8. The molecule has 0 bridgehead atoms. The Morgan fingerprint density at radius 3 is 2.53 bits per heavy atom. The van der Waals surface area contributed by atoms with Crippen LogP contribution in [0, 0.1) is 17.1 Å². The fourth-order valence-electron chi connectivity index (χ4n) is 1.57. The largest absolute Gasteiger partial charge is 0.254 e. The van der Waals surface area contributed by atoms with Crippen LogP contribution in [0.4, 0.5) is 4.39 Å². The van der Waals surface area contributed by atoms with Gasteiger partial charge >= 0.3 is 0 Å². The number of benzene rings is 2. The van der Waals surface area contributed by atoms with Gasteiger partial charge in [0.15, 0.2) is 0 Å². The monoisotopic (exact) mass is 293 g/mol. The van der Waals surface area contributed by atoms with Crippen molar-refractivity contribution in [1.29, 1.82) is 5.26 Å². The van der Waals surface area contributed by atoms with Gasteiger partial charge in [0.05, 0.1) is 22.1 Å². The summed E-state index contributed by atoms with van der Waals surface area (Å²) in [4.78, 5) is 0.646. The lowest BCUT2D eigenvalue weighted by Gasteiger charge is -2.04. The van der Waals surface area contributed by atoms with Crippen LogP contribution >= 0.6 is 11.6 Å². The second-order valence-corrected chi connectivity index (χ2v) is 5.76. The number of hydrogen-bond acceptors (Lipinski definition) is 2. The molecule has 1 atom stereocenters. The smallest absolute Gasteiger partial charge is 0.140 e.